The Kier molecular flexibility index (Phi) is 3.15. The first kappa shape index (κ1) is 11.3. The summed E-state index contributed by atoms with van der Waals surface area (Å²) in [5.74, 6) is -1.22. The SMILES string of the molecule is O=C1NC(=NCc2ccc(CO)cc2)NC1=O. The average Bonchev–Trinajstić information content (AvgIpc) is 2.67. The highest BCUT2D eigenvalue weighted by atomic mass is 16.3. The van der Waals surface area contributed by atoms with E-state index in [-0.39, 0.29) is 12.6 Å². The summed E-state index contributed by atoms with van der Waals surface area (Å²) in [5.41, 5.74) is 1.74. The van der Waals surface area contributed by atoms with E-state index in [9.17, 15) is 9.59 Å². The number of rotatable bonds is 3. The van der Waals surface area contributed by atoms with Crippen LogP contribution in [0.3, 0.4) is 0 Å². The van der Waals surface area contributed by atoms with Gasteiger partial charge in [0.05, 0.1) is 13.2 Å². The summed E-state index contributed by atoms with van der Waals surface area (Å²) in [6, 6.07) is 7.24. The highest BCUT2D eigenvalue weighted by Gasteiger charge is 2.24. The molecule has 0 bridgehead atoms. The van der Waals surface area contributed by atoms with Crippen LogP contribution in [0, 0.1) is 0 Å². The molecule has 2 rings (SSSR count). The van der Waals surface area contributed by atoms with Crippen molar-refractivity contribution in [3.63, 3.8) is 0 Å². The smallest absolute Gasteiger partial charge is 0.316 e. The van der Waals surface area contributed by atoms with Crippen molar-refractivity contribution < 1.29 is 14.7 Å². The van der Waals surface area contributed by atoms with Gasteiger partial charge in [-0.25, -0.2) is 4.99 Å². The van der Waals surface area contributed by atoms with Crippen LogP contribution >= 0.6 is 0 Å². The zero-order valence-corrected chi connectivity index (χ0v) is 8.93. The second kappa shape index (κ2) is 4.75. The first-order valence-corrected chi connectivity index (χ1v) is 5.04. The molecule has 1 aliphatic rings. The van der Waals surface area contributed by atoms with Gasteiger partial charge in [0.2, 0.25) is 5.96 Å². The van der Waals surface area contributed by atoms with Gasteiger partial charge in [0.1, 0.15) is 0 Å². The van der Waals surface area contributed by atoms with E-state index in [2.05, 4.69) is 15.6 Å². The number of aliphatic hydroxyl groups is 1. The Morgan fingerprint density at radius 3 is 2.06 bits per heavy atom. The fourth-order valence-electron chi connectivity index (χ4n) is 1.36. The quantitative estimate of drug-likeness (QED) is 0.602. The van der Waals surface area contributed by atoms with E-state index < -0.39 is 11.8 Å². The molecule has 0 spiro atoms. The van der Waals surface area contributed by atoms with Crippen molar-refractivity contribution >= 4 is 17.8 Å². The van der Waals surface area contributed by atoms with Crippen molar-refractivity contribution in [2.24, 2.45) is 4.99 Å². The number of carbonyl (C=O) groups excluding carboxylic acids is 2. The number of aliphatic imine (C=N–C) groups is 1. The molecule has 1 aliphatic heterocycles. The highest BCUT2D eigenvalue weighted by Crippen LogP contribution is 2.05. The molecule has 6 heteroatoms. The molecule has 0 atom stereocenters. The second-order valence-electron chi connectivity index (χ2n) is 3.55. The summed E-state index contributed by atoms with van der Waals surface area (Å²) in [7, 11) is 0. The lowest BCUT2D eigenvalue weighted by Gasteiger charge is -2.00. The van der Waals surface area contributed by atoms with E-state index in [0.717, 1.165) is 11.1 Å². The molecule has 0 saturated carbocycles. The Balaban J connectivity index is 2.00. The Hall–Kier alpha value is -2.21. The Labute approximate surface area is 97.4 Å². The predicted octanol–water partition coefficient (Wildman–Crippen LogP) is -0.719. The number of carbonyl (C=O) groups is 2. The van der Waals surface area contributed by atoms with Crippen molar-refractivity contribution in [1.29, 1.82) is 0 Å². The normalized spacial score (nSPS) is 14.5. The molecule has 1 aromatic rings. The van der Waals surface area contributed by atoms with Gasteiger partial charge >= 0.3 is 11.8 Å². The van der Waals surface area contributed by atoms with Crippen LogP contribution in [0.5, 0.6) is 0 Å². The number of benzene rings is 1. The molecule has 3 N–H and O–H groups in total. The van der Waals surface area contributed by atoms with Crippen LogP contribution in [0.25, 0.3) is 0 Å². The number of hydrogen-bond acceptors (Lipinski definition) is 4. The van der Waals surface area contributed by atoms with E-state index in [4.69, 9.17) is 5.11 Å². The number of amides is 2. The van der Waals surface area contributed by atoms with Gasteiger partial charge in [0.25, 0.3) is 0 Å². The molecule has 0 radical (unpaired) electrons. The third-order valence-electron chi connectivity index (χ3n) is 2.30. The zero-order chi connectivity index (χ0) is 12.3. The molecule has 1 heterocycles. The molecule has 88 valence electrons. The van der Waals surface area contributed by atoms with Gasteiger partial charge in [-0.05, 0) is 11.1 Å². The van der Waals surface area contributed by atoms with E-state index in [1.807, 2.05) is 12.1 Å². The van der Waals surface area contributed by atoms with Crippen molar-refractivity contribution in [1.82, 2.24) is 10.6 Å². The summed E-state index contributed by atoms with van der Waals surface area (Å²) in [5, 5.41) is 13.5. The van der Waals surface area contributed by atoms with Gasteiger partial charge in [-0.3, -0.25) is 20.2 Å². The Bertz CT molecular complexity index is 461. The molecular formula is C11H11N3O3. The number of guanidine groups is 1. The van der Waals surface area contributed by atoms with Gasteiger partial charge in [-0.2, -0.15) is 0 Å². The van der Waals surface area contributed by atoms with E-state index in [1.54, 1.807) is 12.1 Å². The minimum atomic E-state index is -0.695. The highest BCUT2D eigenvalue weighted by molar-refractivity contribution is 6.45. The standard InChI is InChI=1S/C11H11N3O3/c15-6-8-3-1-7(2-4-8)5-12-11-13-9(16)10(17)14-11/h1-4,15H,5-6H2,(H2,12,13,14,16,17). The van der Waals surface area contributed by atoms with Crippen molar-refractivity contribution in [3.8, 4) is 0 Å². The van der Waals surface area contributed by atoms with Crippen LogP contribution in [0.2, 0.25) is 0 Å². The summed E-state index contributed by atoms with van der Waals surface area (Å²) >= 11 is 0. The van der Waals surface area contributed by atoms with Crippen LogP contribution in [-0.4, -0.2) is 22.9 Å². The minimum absolute atomic E-state index is 0.000905. The van der Waals surface area contributed by atoms with Gasteiger partial charge in [0, 0.05) is 0 Å². The number of aliphatic hydroxyl groups excluding tert-OH is 1. The van der Waals surface area contributed by atoms with Gasteiger partial charge < -0.3 is 5.11 Å². The third kappa shape index (κ3) is 2.67. The molecule has 2 amide bonds. The number of nitrogens with one attached hydrogen (secondary N) is 2. The monoisotopic (exact) mass is 233 g/mol. The van der Waals surface area contributed by atoms with Gasteiger partial charge in [0.15, 0.2) is 0 Å². The maximum atomic E-state index is 10.8. The van der Waals surface area contributed by atoms with Crippen LogP contribution in [0.1, 0.15) is 11.1 Å². The van der Waals surface area contributed by atoms with Gasteiger partial charge in [-0.15, -0.1) is 0 Å². The Morgan fingerprint density at radius 2 is 1.53 bits per heavy atom. The molecule has 1 fully saturated rings. The summed E-state index contributed by atoms with van der Waals surface area (Å²) < 4.78 is 0. The lowest BCUT2D eigenvalue weighted by molar-refractivity contribution is -0.135. The Morgan fingerprint density at radius 1 is 1.00 bits per heavy atom. The van der Waals surface area contributed by atoms with Crippen molar-refractivity contribution in [2.45, 2.75) is 13.2 Å². The number of nitrogens with zero attached hydrogens (tertiary/aromatic N) is 1. The summed E-state index contributed by atoms with van der Waals surface area (Å²) in [6.07, 6.45) is 0. The lowest BCUT2D eigenvalue weighted by atomic mass is 10.1. The molecule has 1 saturated heterocycles. The van der Waals surface area contributed by atoms with E-state index in [1.165, 1.54) is 0 Å². The second-order valence-corrected chi connectivity index (χ2v) is 3.55. The van der Waals surface area contributed by atoms with Crippen LogP contribution in [0.4, 0.5) is 0 Å². The van der Waals surface area contributed by atoms with Crippen molar-refractivity contribution in [3.05, 3.63) is 35.4 Å². The maximum Gasteiger partial charge on any atom is 0.316 e. The zero-order valence-electron chi connectivity index (χ0n) is 8.93. The molecule has 0 aliphatic carbocycles. The number of hydrogen-bond donors (Lipinski definition) is 3. The first-order chi connectivity index (χ1) is 8.19. The van der Waals surface area contributed by atoms with Crippen LogP contribution in [-0.2, 0) is 22.7 Å². The minimum Gasteiger partial charge on any atom is -0.392 e. The topological polar surface area (TPSA) is 90.8 Å². The molecule has 1 aromatic carbocycles. The van der Waals surface area contributed by atoms with E-state index >= 15 is 0 Å². The lowest BCUT2D eigenvalue weighted by Crippen LogP contribution is -2.25. The molecule has 6 nitrogen and oxygen atoms in total. The summed E-state index contributed by atoms with van der Waals surface area (Å²) in [6.45, 7) is 0.350. The van der Waals surface area contributed by atoms with Gasteiger partial charge in [-0.1, -0.05) is 24.3 Å². The van der Waals surface area contributed by atoms with E-state index in [0.29, 0.717) is 6.54 Å². The maximum absolute atomic E-state index is 10.8. The molecule has 0 unspecified atom stereocenters. The molecule has 0 aromatic heterocycles. The summed E-state index contributed by atoms with van der Waals surface area (Å²) in [4.78, 5) is 25.7. The van der Waals surface area contributed by atoms with Crippen LogP contribution in [0.15, 0.2) is 29.3 Å². The predicted molar refractivity (Wildman–Crippen MR) is 59.8 cm³/mol. The van der Waals surface area contributed by atoms with Crippen LogP contribution < -0.4 is 10.6 Å². The average molecular weight is 233 g/mol. The largest absolute Gasteiger partial charge is 0.392 e. The van der Waals surface area contributed by atoms with Crippen molar-refractivity contribution in [2.75, 3.05) is 0 Å². The molecular weight excluding hydrogens is 222 g/mol. The first-order valence-electron chi connectivity index (χ1n) is 5.04. The molecule has 17 heavy (non-hydrogen) atoms. The fraction of sp³-hybridized carbons (Fsp3) is 0.182. The fourth-order valence-corrected chi connectivity index (χ4v) is 1.36. The third-order valence-corrected chi connectivity index (χ3v) is 2.30.